The highest BCUT2D eigenvalue weighted by Gasteiger charge is 2.25. The summed E-state index contributed by atoms with van der Waals surface area (Å²) in [4.78, 5) is 11.9. The Morgan fingerprint density at radius 3 is 2.82 bits per heavy atom. The zero-order chi connectivity index (χ0) is 12.5. The van der Waals surface area contributed by atoms with E-state index in [0.717, 1.165) is 6.54 Å². The molecule has 1 heterocycles. The number of nitrogens with one attached hydrogen (secondary N) is 2. The summed E-state index contributed by atoms with van der Waals surface area (Å²) in [6.07, 6.45) is 0.557. The monoisotopic (exact) mass is 232 g/mol. The Hall–Kier alpha value is -1.51. The molecule has 3 heteroatoms. The average Bonchev–Trinajstić information content (AvgIpc) is 2.59. The van der Waals surface area contributed by atoms with E-state index >= 15 is 0 Å². The molecule has 0 spiro atoms. The van der Waals surface area contributed by atoms with Gasteiger partial charge in [0.15, 0.2) is 0 Å². The summed E-state index contributed by atoms with van der Waals surface area (Å²) in [6, 6.07) is 8.21. The van der Waals surface area contributed by atoms with Gasteiger partial charge in [-0.05, 0) is 32.4 Å². The fourth-order valence-corrected chi connectivity index (χ4v) is 2.23. The molecule has 0 bridgehead atoms. The van der Waals surface area contributed by atoms with Crippen LogP contribution in [0, 0.1) is 0 Å². The van der Waals surface area contributed by atoms with Crippen molar-refractivity contribution in [3.63, 3.8) is 0 Å². The van der Waals surface area contributed by atoms with E-state index < -0.39 is 0 Å². The minimum atomic E-state index is -0.150. The van der Waals surface area contributed by atoms with Gasteiger partial charge >= 0.3 is 0 Å². The van der Waals surface area contributed by atoms with Gasteiger partial charge in [0, 0.05) is 30.1 Å². The summed E-state index contributed by atoms with van der Waals surface area (Å²) < 4.78 is 0. The van der Waals surface area contributed by atoms with Crippen molar-refractivity contribution in [2.75, 3.05) is 11.9 Å². The minimum Gasteiger partial charge on any atom is -0.384 e. The first-order valence-electron chi connectivity index (χ1n) is 6.09. The highest BCUT2D eigenvalue weighted by molar-refractivity contribution is 5.78. The summed E-state index contributed by atoms with van der Waals surface area (Å²) in [7, 11) is 0. The molecule has 0 aromatic heterocycles. The summed E-state index contributed by atoms with van der Waals surface area (Å²) in [5.74, 6) is 0.426. The van der Waals surface area contributed by atoms with E-state index in [0.29, 0.717) is 12.3 Å². The molecule has 17 heavy (non-hydrogen) atoms. The predicted octanol–water partition coefficient (Wildman–Crippen LogP) is 2.50. The Balaban J connectivity index is 2.00. The SMILES string of the molecule is CC(C)(C)NC(=O)CC1CNc2ccccc21. The summed E-state index contributed by atoms with van der Waals surface area (Å²) in [5.41, 5.74) is 2.28. The lowest BCUT2D eigenvalue weighted by molar-refractivity contribution is -0.122. The zero-order valence-corrected chi connectivity index (χ0v) is 10.7. The first kappa shape index (κ1) is 12.0. The van der Waals surface area contributed by atoms with Crippen LogP contribution in [-0.2, 0) is 4.79 Å². The standard InChI is InChI=1S/C14H20N2O/c1-14(2,3)16-13(17)8-10-9-15-12-7-5-4-6-11(10)12/h4-7,10,15H,8-9H2,1-3H3,(H,16,17). The van der Waals surface area contributed by atoms with E-state index in [2.05, 4.69) is 22.8 Å². The molecule has 3 nitrogen and oxygen atoms in total. The smallest absolute Gasteiger partial charge is 0.221 e. The predicted molar refractivity (Wildman–Crippen MR) is 70.2 cm³/mol. The van der Waals surface area contributed by atoms with Gasteiger partial charge in [-0.2, -0.15) is 0 Å². The van der Waals surface area contributed by atoms with E-state index in [-0.39, 0.29) is 11.4 Å². The lowest BCUT2D eigenvalue weighted by Gasteiger charge is -2.21. The van der Waals surface area contributed by atoms with E-state index in [4.69, 9.17) is 0 Å². The minimum absolute atomic E-state index is 0.126. The molecule has 1 amide bonds. The second-order valence-electron chi connectivity index (χ2n) is 5.67. The number of benzene rings is 1. The van der Waals surface area contributed by atoms with Crippen LogP contribution in [-0.4, -0.2) is 18.0 Å². The number of fused-ring (bicyclic) bond motifs is 1. The van der Waals surface area contributed by atoms with Gasteiger partial charge in [0.1, 0.15) is 0 Å². The van der Waals surface area contributed by atoms with E-state index in [1.807, 2.05) is 32.9 Å². The molecule has 1 aromatic carbocycles. The normalized spacial score (nSPS) is 18.4. The van der Waals surface area contributed by atoms with Crippen LogP contribution in [0.5, 0.6) is 0 Å². The van der Waals surface area contributed by atoms with Gasteiger partial charge in [-0.15, -0.1) is 0 Å². The Morgan fingerprint density at radius 1 is 1.41 bits per heavy atom. The third kappa shape index (κ3) is 2.99. The molecule has 1 unspecified atom stereocenters. The van der Waals surface area contributed by atoms with Gasteiger partial charge < -0.3 is 10.6 Å². The van der Waals surface area contributed by atoms with Crippen molar-refractivity contribution >= 4 is 11.6 Å². The maximum absolute atomic E-state index is 11.9. The topological polar surface area (TPSA) is 41.1 Å². The van der Waals surface area contributed by atoms with E-state index in [1.54, 1.807) is 0 Å². The molecule has 92 valence electrons. The molecule has 0 radical (unpaired) electrons. The second-order valence-corrected chi connectivity index (χ2v) is 5.67. The molecule has 0 fully saturated rings. The number of amides is 1. The van der Waals surface area contributed by atoms with Crippen LogP contribution >= 0.6 is 0 Å². The Labute approximate surface area is 103 Å². The van der Waals surface area contributed by atoms with Gasteiger partial charge in [0.25, 0.3) is 0 Å². The number of hydrogen-bond donors (Lipinski definition) is 2. The molecule has 1 atom stereocenters. The van der Waals surface area contributed by atoms with Gasteiger partial charge in [0.05, 0.1) is 0 Å². The first-order valence-corrected chi connectivity index (χ1v) is 6.09. The van der Waals surface area contributed by atoms with Crippen LogP contribution in [0.2, 0.25) is 0 Å². The van der Waals surface area contributed by atoms with Crippen molar-refractivity contribution in [2.45, 2.75) is 38.6 Å². The molecule has 2 N–H and O–H groups in total. The molecule has 1 aromatic rings. The second kappa shape index (κ2) is 4.40. The Bertz CT molecular complexity index is 420. The fraction of sp³-hybridized carbons (Fsp3) is 0.500. The zero-order valence-electron chi connectivity index (χ0n) is 10.7. The maximum atomic E-state index is 11.9. The summed E-state index contributed by atoms with van der Waals surface area (Å²) in [5, 5.41) is 6.35. The van der Waals surface area contributed by atoms with Crippen LogP contribution in [0.15, 0.2) is 24.3 Å². The van der Waals surface area contributed by atoms with Gasteiger partial charge in [-0.1, -0.05) is 18.2 Å². The molecule has 0 aliphatic carbocycles. The molecule has 2 rings (SSSR count). The van der Waals surface area contributed by atoms with Gasteiger partial charge in [-0.25, -0.2) is 0 Å². The van der Waals surface area contributed by atoms with Crippen molar-refractivity contribution in [1.82, 2.24) is 5.32 Å². The van der Waals surface area contributed by atoms with Crippen LogP contribution in [0.25, 0.3) is 0 Å². The van der Waals surface area contributed by atoms with E-state index in [9.17, 15) is 4.79 Å². The van der Waals surface area contributed by atoms with Crippen LogP contribution in [0.4, 0.5) is 5.69 Å². The number of anilines is 1. The number of rotatable bonds is 2. The Morgan fingerprint density at radius 2 is 2.12 bits per heavy atom. The van der Waals surface area contributed by atoms with Crippen LogP contribution in [0.1, 0.15) is 38.7 Å². The highest BCUT2D eigenvalue weighted by Crippen LogP contribution is 2.33. The van der Waals surface area contributed by atoms with Gasteiger partial charge in [-0.3, -0.25) is 4.79 Å². The van der Waals surface area contributed by atoms with Crippen molar-refractivity contribution in [3.8, 4) is 0 Å². The first-order chi connectivity index (χ1) is 7.96. The summed E-state index contributed by atoms with van der Waals surface area (Å²) >= 11 is 0. The third-order valence-electron chi connectivity index (χ3n) is 2.89. The highest BCUT2D eigenvalue weighted by atomic mass is 16.1. The molecule has 1 aliphatic rings. The van der Waals surface area contributed by atoms with Crippen LogP contribution < -0.4 is 10.6 Å². The molecular formula is C14H20N2O. The number of para-hydroxylation sites is 1. The summed E-state index contributed by atoms with van der Waals surface area (Å²) in [6.45, 7) is 6.88. The third-order valence-corrected chi connectivity index (χ3v) is 2.89. The molecule has 0 saturated heterocycles. The van der Waals surface area contributed by atoms with Crippen molar-refractivity contribution < 1.29 is 4.79 Å². The number of carbonyl (C=O) groups is 1. The number of hydrogen-bond acceptors (Lipinski definition) is 2. The molecular weight excluding hydrogens is 212 g/mol. The van der Waals surface area contributed by atoms with Crippen molar-refractivity contribution in [3.05, 3.63) is 29.8 Å². The lowest BCUT2D eigenvalue weighted by atomic mass is 9.97. The maximum Gasteiger partial charge on any atom is 0.221 e. The molecule has 1 aliphatic heterocycles. The van der Waals surface area contributed by atoms with Gasteiger partial charge in [0.2, 0.25) is 5.91 Å². The molecule has 0 saturated carbocycles. The number of carbonyl (C=O) groups excluding carboxylic acids is 1. The fourth-order valence-electron chi connectivity index (χ4n) is 2.23. The average molecular weight is 232 g/mol. The Kier molecular flexibility index (Phi) is 3.09. The quantitative estimate of drug-likeness (QED) is 0.822. The largest absolute Gasteiger partial charge is 0.384 e. The van der Waals surface area contributed by atoms with Crippen LogP contribution in [0.3, 0.4) is 0 Å². The van der Waals surface area contributed by atoms with Crippen molar-refractivity contribution in [1.29, 1.82) is 0 Å². The lowest BCUT2D eigenvalue weighted by Crippen LogP contribution is -2.41. The van der Waals surface area contributed by atoms with E-state index in [1.165, 1.54) is 11.3 Å². The van der Waals surface area contributed by atoms with Crippen molar-refractivity contribution in [2.24, 2.45) is 0 Å².